The van der Waals surface area contributed by atoms with Crippen molar-refractivity contribution >= 4 is 31.6 Å². The maximum atomic E-state index is 12.8. The molecule has 0 spiro atoms. The quantitative estimate of drug-likeness (QED) is 0.623. The van der Waals surface area contributed by atoms with Crippen molar-refractivity contribution in [2.24, 2.45) is 0 Å². The minimum absolute atomic E-state index is 0.0132. The Labute approximate surface area is 187 Å². The number of hydrogen-bond acceptors (Lipinski definition) is 6. The highest BCUT2D eigenvalue weighted by molar-refractivity contribution is 7.89. The second kappa shape index (κ2) is 9.14. The Balaban J connectivity index is 1.84. The van der Waals surface area contributed by atoms with E-state index >= 15 is 0 Å². The van der Waals surface area contributed by atoms with Crippen molar-refractivity contribution in [1.29, 1.82) is 0 Å². The lowest BCUT2D eigenvalue weighted by molar-refractivity contribution is -0.116. The summed E-state index contributed by atoms with van der Waals surface area (Å²) in [5.74, 6) is -0.592. The first-order valence-electron chi connectivity index (χ1n) is 9.96. The molecular formula is C20H26N4O6S2. The van der Waals surface area contributed by atoms with Crippen molar-refractivity contribution < 1.29 is 21.6 Å². The first-order valence-corrected chi connectivity index (χ1v) is 12.8. The molecule has 0 aliphatic carbocycles. The van der Waals surface area contributed by atoms with Crippen molar-refractivity contribution in [3.05, 3.63) is 52.4 Å². The summed E-state index contributed by atoms with van der Waals surface area (Å²) in [4.78, 5) is 24.8. The molecule has 32 heavy (non-hydrogen) atoms. The van der Waals surface area contributed by atoms with Crippen LogP contribution in [-0.2, 0) is 31.4 Å². The van der Waals surface area contributed by atoms with Gasteiger partial charge in [0.1, 0.15) is 6.54 Å². The molecule has 0 unspecified atom stereocenters. The fourth-order valence-electron chi connectivity index (χ4n) is 3.31. The maximum absolute atomic E-state index is 12.8. The normalized spacial score (nSPS) is 15.2. The Kier molecular flexibility index (Phi) is 6.89. The van der Waals surface area contributed by atoms with E-state index in [1.54, 1.807) is 13.0 Å². The molecule has 1 aromatic heterocycles. The van der Waals surface area contributed by atoms with E-state index in [9.17, 15) is 26.4 Å². The van der Waals surface area contributed by atoms with Crippen LogP contribution in [0.25, 0.3) is 0 Å². The fourth-order valence-corrected chi connectivity index (χ4v) is 5.78. The Morgan fingerprint density at radius 1 is 1.03 bits per heavy atom. The molecular weight excluding hydrogens is 456 g/mol. The first kappa shape index (κ1) is 24.1. The number of amides is 1. The monoisotopic (exact) mass is 482 g/mol. The molecule has 0 atom stereocenters. The third-order valence-corrected chi connectivity index (χ3v) is 8.93. The van der Waals surface area contributed by atoms with E-state index < -0.39 is 38.1 Å². The predicted molar refractivity (Wildman–Crippen MR) is 119 cm³/mol. The molecule has 1 aliphatic rings. The van der Waals surface area contributed by atoms with E-state index in [4.69, 9.17) is 0 Å². The molecule has 174 valence electrons. The van der Waals surface area contributed by atoms with Gasteiger partial charge in [-0.15, -0.1) is 0 Å². The molecule has 0 radical (unpaired) electrons. The zero-order valence-electron chi connectivity index (χ0n) is 18.1. The summed E-state index contributed by atoms with van der Waals surface area (Å²) >= 11 is 0. The average molecular weight is 483 g/mol. The molecule has 12 heteroatoms. The highest BCUT2D eigenvalue weighted by Crippen LogP contribution is 2.22. The second-order valence-corrected chi connectivity index (χ2v) is 11.8. The summed E-state index contributed by atoms with van der Waals surface area (Å²) in [7, 11) is -4.62. The zero-order chi connectivity index (χ0) is 23.7. The molecule has 0 bridgehead atoms. The van der Waals surface area contributed by atoms with Gasteiger partial charge in [-0.2, -0.15) is 4.31 Å². The third-order valence-electron chi connectivity index (χ3n) is 5.23. The van der Waals surface area contributed by atoms with Crippen LogP contribution in [-0.4, -0.2) is 63.1 Å². The molecule has 1 N–H and O–H groups in total. The van der Waals surface area contributed by atoms with Crippen molar-refractivity contribution in [3.8, 4) is 0 Å². The Morgan fingerprint density at radius 2 is 1.66 bits per heavy atom. The summed E-state index contributed by atoms with van der Waals surface area (Å²) in [5, 5.41) is 2.61. The molecule has 2 aromatic rings. The second-order valence-electron chi connectivity index (χ2n) is 7.75. The summed E-state index contributed by atoms with van der Waals surface area (Å²) in [6.45, 7) is 2.13. The lowest BCUT2D eigenvalue weighted by atomic mass is 10.2. The lowest BCUT2D eigenvalue weighted by Crippen LogP contribution is -2.31. The van der Waals surface area contributed by atoms with E-state index in [0.29, 0.717) is 18.7 Å². The largest absolute Gasteiger partial charge is 0.324 e. The number of aryl methyl sites for hydroxylation is 1. The van der Waals surface area contributed by atoms with Crippen LogP contribution >= 0.6 is 0 Å². The molecule has 1 aromatic carbocycles. The Bertz CT molecular complexity index is 1290. The van der Waals surface area contributed by atoms with E-state index in [0.717, 1.165) is 34.0 Å². The van der Waals surface area contributed by atoms with Gasteiger partial charge in [-0.05, 0) is 43.5 Å². The minimum atomic E-state index is -3.74. The number of rotatable bonds is 7. The van der Waals surface area contributed by atoms with Gasteiger partial charge in [0, 0.05) is 45.1 Å². The van der Waals surface area contributed by atoms with Crippen molar-refractivity contribution in [1.82, 2.24) is 13.2 Å². The number of hydrogen-bond donors (Lipinski definition) is 1. The molecule has 2 heterocycles. The number of sulfonamides is 2. The number of nitrogens with zero attached hydrogens (tertiary/aromatic N) is 3. The summed E-state index contributed by atoms with van der Waals surface area (Å²) < 4.78 is 53.7. The van der Waals surface area contributed by atoms with Gasteiger partial charge in [0.15, 0.2) is 0 Å². The van der Waals surface area contributed by atoms with Gasteiger partial charge in [0.05, 0.1) is 9.79 Å². The van der Waals surface area contributed by atoms with Crippen LogP contribution in [0.4, 0.5) is 5.69 Å². The molecule has 1 saturated heterocycles. The van der Waals surface area contributed by atoms with Crippen LogP contribution in [0.1, 0.15) is 18.4 Å². The SMILES string of the molecule is Cc1ccc(S(=O)(=O)N(C)C)cc1NC(=O)Cn1cc(S(=O)(=O)N2CCCC2)ccc1=O. The first-order chi connectivity index (χ1) is 14.9. The van der Waals surface area contributed by atoms with Crippen LogP contribution < -0.4 is 10.9 Å². The van der Waals surface area contributed by atoms with Gasteiger partial charge in [0.2, 0.25) is 26.0 Å². The topological polar surface area (TPSA) is 126 Å². The van der Waals surface area contributed by atoms with E-state index in [1.165, 1.54) is 36.6 Å². The minimum Gasteiger partial charge on any atom is -0.324 e. The summed E-state index contributed by atoms with van der Waals surface area (Å²) in [6, 6.07) is 6.72. The fraction of sp³-hybridized carbons (Fsp3) is 0.400. The van der Waals surface area contributed by atoms with Gasteiger partial charge < -0.3 is 9.88 Å². The van der Waals surface area contributed by atoms with Gasteiger partial charge in [0.25, 0.3) is 5.56 Å². The van der Waals surface area contributed by atoms with Crippen molar-refractivity contribution in [2.75, 3.05) is 32.5 Å². The molecule has 1 aliphatic heterocycles. The summed E-state index contributed by atoms with van der Waals surface area (Å²) in [6.07, 6.45) is 2.72. The Morgan fingerprint density at radius 3 is 2.28 bits per heavy atom. The smallest absolute Gasteiger partial charge is 0.251 e. The number of anilines is 1. The Hall–Kier alpha value is -2.54. The molecule has 1 amide bonds. The van der Waals surface area contributed by atoms with Crippen LogP contribution in [0.3, 0.4) is 0 Å². The predicted octanol–water partition coefficient (Wildman–Crippen LogP) is 0.830. The van der Waals surface area contributed by atoms with Gasteiger partial charge in [-0.25, -0.2) is 21.1 Å². The van der Waals surface area contributed by atoms with Crippen LogP contribution in [0.2, 0.25) is 0 Å². The van der Waals surface area contributed by atoms with Crippen molar-refractivity contribution in [3.63, 3.8) is 0 Å². The summed E-state index contributed by atoms with van der Waals surface area (Å²) in [5.41, 5.74) is 0.391. The molecule has 10 nitrogen and oxygen atoms in total. The van der Waals surface area contributed by atoms with E-state index in [1.807, 2.05) is 0 Å². The lowest BCUT2D eigenvalue weighted by Gasteiger charge is -2.17. The van der Waals surface area contributed by atoms with E-state index in [2.05, 4.69) is 5.32 Å². The molecule has 1 fully saturated rings. The number of nitrogens with one attached hydrogen (secondary N) is 1. The highest BCUT2D eigenvalue weighted by atomic mass is 32.2. The van der Waals surface area contributed by atoms with Crippen LogP contribution in [0, 0.1) is 6.92 Å². The van der Waals surface area contributed by atoms with Crippen LogP contribution in [0.15, 0.2) is 51.1 Å². The standard InChI is InChI=1S/C20H26N4O6S2/c1-15-6-7-16(31(27,28)22(2)3)12-18(15)21-19(25)14-23-13-17(8-9-20(23)26)32(29,30)24-10-4-5-11-24/h6-9,12-13H,4-5,10-11,14H2,1-3H3,(H,21,25). The number of carbonyl (C=O) groups excluding carboxylic acids is 1. The third kappa shape index (κ3) is 4.93. The van der Waals surface area contributed by atoms with Gasteiger partial charge in [-0.1, -0.05) is 6.07 Å². The molecule has 0 saturated carbocycles. The number of benzene rings is 1. The van der Waals surface area contributed by atoms with Gasteiger partial charge >= 0.3 is 0 Å². The van der Waals surface area contributed by atoms with Crippen molar-refractivity contribution in [2.45, 2.75) is 36.1 Å². The van der Waals surface area contributed by atoms with Crippen LogP contribution in [0.5, 0.6) is 0 Å². The maximum Gasteiger partial charge on any atom is 0.251 e. The molecule has 3 rings (SSSR count). The highest BCUT2D eigenvalue weighted by Gasteiger charge is 2.28. The zero-order valence-corrected chi connectivity index (χ0v) is 19.7. The number of pyridine rings is 1. The van der Waals surface area contributed by atoms with E-state index in [-0.39, 0.29) is 15.5 Å². The average Bonchev–Trinajstić information content (AvgIpc) is 3.26. The number of aromatic nitrogens is 1. The number of carbonyl (C=O) groups is 1. The van der Waals surface area contributed by atoms with Gasteiger partial charge in [-0.3, -0.25) is 9.59 Å².